The number of benzene rings is 3. The highest BCUT2D eigenvalue weighted by atomic mass is 17.2. The van der Waals surface area contributed by atoms with Gasteiger partial charge in [0, 0.05) is 6.08 Å². The van der Waals surface area contributed by atoms with Crippen molar-refractivity contribution in [3.8, 4) is 23.0 Å². The van der Waals surface area contributed by atoms with Gasteiger partial charge in [0.2, 0.25) is 5.75 Å². The molecule has 0 spiro atoms. The molecule has 0 aromatic heterocycles. The zero-order chi connectivity index (χ0) is 29.1. The molecule has 0 aliphatic carbocycles. The highest BCUT2D eigenvalue weighted by Gasteiger charge is 2.08. The average Bonchev–Trinajstić information content (AvgIpc) is 2.99. The van der Waals surface area contributed by atoms with Gasteiger partial charge in [-0.2, -0.15) is 15.1 Å². The lowest BCUT2D eigenvalue weighted by atomic mass is 10.2. The predicted molar refractivity (Wildman–Crippen MR) is 158 cm³/mol. The van der Waals surface area contributed by atoms with Crippen molar-refractivity contribution in [1.29, 1.82) is 0 Å². The van der Waals surface area contributed by atoms with Gasteiger partial charge in [0.15, 0.2) is 5.75 Å². The topological polar surface area (TPSA) is 108 Å². The maximum atomic E-state index is 11.0. The fourth-order valence-corrected chi connectivity index (χ4v) is 3.52. The smallest absolute Gasteiger partial charge is 0.330 e. The first-order valence-electron chi connectivity index (χ1n) is 13.5. The Morgan fingerprint density at radius 2 is 1.51 bits per heavy atom. The van der Waals surface area contributed by atoms with E-state index in [1.165, 1.54) is 6.08 Å². The van der Waals surface area contributed by atoms with E-state index in [2.05, 4.69) is 16.8 Å². The SMILES string of the molecule is C=CC(=O)OCCCCCCOc1ccc(COOc2ccc(/C=N/N=C/c3ccc(O)cc3)cc2OCC)cc1. The Labute approximate surface area is 240 Å². The molecule has 0 bridgehead atoms. The van der Waals surface area contributed by atoms with Crippen LogP contribution in [0.5, 0.6) is 23.0 Å². The van der Waals surface area contributed by atoms with Gasteiger partial charge in [-0.1, -0.05) is 18.7 Å². The number of unbranched alkanes of at least 4 members (excludes halogenated alkanes) is 3. The molecule has 0 aliphatic heterocycles. The molecule has 3 aromatic carbocycles. The van der Waals surface area contributed by atoms with Crippen molar-refractivity contribution in [1.82, 2.24) is 0 Å². The quantitative estimate of drug-likeness (QED) is 0.0477. The Balaban J connectivity index is 1.38. The second kappa shape index (κ2) is 17.9. The molecule has 0 amide bonds. The van der Waals surface area contributed by atoms with Gasteiger partial charge in [-0.3, -0.25) is 0 Å². The molecular weight excluding hydrogens is 524 g/mol. The van der Waals surface area contributed by atoms with Gasteiger partial charge in [0.05, 0.1) is 32.2 Å². The summed E-state index contributed by atoms with van der Waals surface area (Å²) in [5.74, 6) is 1.59. The maximum Gasteiger partial charge on any atom is 0.330 e. The number of phenols is 1. The minimum absolute atomic E-state index is 0.200. The van der Waals surface area contributed by atoms with Crippen molar-refractivity contribution in [3.05, 3.63) is 96.1 Å². The van der Waals surface area contributed by atoms with Gasteiger partial charge in [-0.25, -0.2) is 4.79 Å². The lowest BCUT2D eigenvalue weighted by molar-refractivity contribution is -0.218. The summed E-state index contributed by atoms with van der Waals surface area (Å²) in [4.78, 5) is 22.0. The molecule has 3 rings (SSSR count). The summed E-state index contributed by atoms with van der Waals surface area (Å²) in [6.07, 6.45) is 8.11. The molecule has 0 saturated carbocycles. The first-order chi connectivity index (χ1) is 20.1. The summed E-state index contributed by atoms with van der Waals surface area (Å²) in [5, 5.41) is 17.5. The Morgan fingerprint density at radius 1 is 0.829 bits per heavy atom. The van der Waals surface area contributed by atoms with E-state index in [0.29, 0.717) is 31.3 Å². The molecule has 3 aromatic rings. The van der Waals surface area contributed by atoms with Crippen LogP contribution in [0.4, 0.5) is 0 Å². The van der Waals surface area contributed by atoms with Crippen molar-refractivity contribution in [2.45, 2.75) is 39.2 Å². The second-order valence-corrected chi connectivity index (χ2v) is 8.84. The standard InChI is InChI=1S/C32H36N2O7/c1-3-32(36)39-20-8-6-5-7-19-38-29-16-11-26(12-17-29)24-40-41-30-18-13-27(21-31(30)37-4-2)23-34-33-22-25-9-14-28(35)15-10-25/h3,9-18,21-23,35H,1,4-8,19-20,24H2,2H3/b33-22+,34-23+. The summed E-state index contributed by atoms with van der Waals surface area (Å²) >= 11 is 0. The monoisotopic (exact) mass is 560 g/mol. The summed E-state index contributed by atoms with van der Waals surface area (Å²) in [6.45, 7) is 7.01. The lowest BCUT2D eigenvalue weighted by Gasteiger charge is -2.11. The van der Waals surface area contributed by atoms with Crippen molar-refractivity contribution in [2.75, 3.05) is 19.8 Å². The van der Waals surface area contributed by atoms with Gasteiger partial charge in [-0.15, -0.1) is 0 Å². The minimum atomic E-state index is -0.379. The number of nitrogens with zero attached hydrogens (tertiary/aromatic N) is 2. The Bertz CT molecular complexity index is 1270. The first-order valence-corrected chi connectivity index (χ1v) is 13.5. The zero-order valence-corrected chi connectivity index (χ0v) is 23.2. The lowest BCUT2D eigenvalue weighted by Crippen LogP contribution is -2.02. The summed E-state index contributed by atoms with van der Waals surface area (Å²) in [5.41, 5.74) is 2.54. The molecule has 0 unspecified atom stereocenters. The molecule has 9 nitrogen and oxygen atoms in total. The number of carbonyl (C=O) groups is 1. The molecule has 0 heterocycles. The van der Waals surface area contributed by atoms with E-state index in [9.17, 15) is 9.90 Å². The molecule has 216 valence electrons. The van der Waals surface area contributed by atoms with Crippen LogP contribution in [0.25, 0.3) is 0 Å². The van der Waals surface area contributed by atoms with E-state index < -0.39 is 0 Å². The fraction of sp³-hybridized carbons (Fsp3) is 0.281. The zero-order valence-electron chi connectivity index (χ0n) is 23.2. The number of ether oxygens (including phenoxy) is 3. The third kappa shape index (κ3) is 12.0. The maximum absolute atomic E-state index is 11.0. The van der Waals surface area contributed by atoms with E-state index in [-0.39, 0.29) is 18.3 Å². The summed E-state index contributed by atoms with van der Waals surface area (Å²) in [6, 6.07) is 19.7. The predicted octanol–water partition coefficient (Wildman–Crippen LogP) is 6.42. The number of hydrogen-bond acceptors (Lipinski definition) is 9. The summed E-state index contributed by atoms with van der Waals surface area (Å²) < 4.78 is 16.5. The van der Waals surface area contributed by atoms with E-state index in [4.69, 9.17) is 24.0 Å². The van der Waals surface area contributed by atoms with Crippen LogP contribution in [0, 0.1) is 0 Å². The van der Waals surface area contributed by atoms with Crippen molar-refractivity contribution in [2.24, 2.45) is 10.2 Å². The number of phenolic OH excluding ortho intramolecular Hbond substituents is 1. The van der Waals surface area contributed by atoms with Crippen LogP contribution in [0.3, 0.4) is 0 Å². The van der Waals surface area contributed by atoms with E-state index in [1.54, 1.807) is 48.8 Å². The first kappa shape index (κ1) is 30.9. The van der Waals surface area contributed by atoms with E-state index >= 15 is 0 Å². The van der Waals surface area contributed by atoms with Gasteiger partial charge >= 0.3 is 5.97 Å². The van der Waals surface area contributed by atoms with Crippen LogP contribution in [-0.2, 0) is 21.0 Å². The molecule has 0 aliphatic rings. The molecule has 0 saturated heterocycles. The number of esters is 1. The fourth-order valence-electron chi connectivity index (χ4n) is 3.52. The summed E-state index contributed by atoms with van der Waals surface area (Å²) in [7, 11) is 0. The highest BCUT2D eigenvalue weighted by Crippen LogP contribution is 2.28. The van der Waals surface area contributed by atoms with Gasteiger partial charge in [-0.05, 0) is 104 Å². The molecule has 0 atom stereocenters. The minimum Gasteiger partial charge on any atom is -0.508 e. The van der Waals surface area contributed by atoms with Crippen molar-refractivity contribution >= 4 is 18.4 Å². The van der Waals surface area contributed by atoms with Crippen LogP contribution < -0.4 is 14.4 Å². The number of carbonyl (C=O) groups excluding carboxylic acids is 1. The molecule has 0 fully saturated rings. The normalized spacial score (nSPS) is 11.0. The van der Waals surface area contributed by atoms with E-state index in [1.807, 2.05) is 37.3 Å². The van der Waals surface area contributed by atoms with Gasteiger partial charge in [0.1, 0.15) is 18.1 Å². The average molecular weight is 561 g/mol. The molecule has 41 heavy (non-hydrogen) atoms. The second-order valence-electron chi connectivity index (χ2n) is 8.84. The van der Waals surface area contributed by atoms with Crippen LogP contribution >= 0.6 is 0 Å². The molecule has 9 heteroatoms. The van der Waals surface area contributed by atoms with Crippen LogP contribution in [0.1, 0.15) is 49.3 Å². The third-order valence-corrected chi connectivity index (χ3v) is 5.66. The van der Waals surface area contributed by atoms with E-state index in [0.717, 1.165) is 48.1 Å². The molecule has 0 radical (unpaired) electrons. The highest BCUT2D eigenvalue weighted by molar-refractivity contribution is 5.83. The Kier molecular flexibility index (Phi) is 13.5. The Morgan fingerprint density at radius 3 is 2.22 bits per heavy atom. The van der Waals surface area contributed by atoms with Crippen molar-refractivity contribution in [3.63, 3.8) is 0 Å². The number of aromatic hydroxyl groups is 1. The van der Waals surface area contributed by atoms with Gasteiger partial charge in [0.25, 0.3) is 0 Å². The third-order valence-electron chi connectivity index (χ3n) is 5.66. The van der Waals surface area contributed by atoms with Crippen molar-refractivity contribution < 1.29 is 33.9 Å². The number of rotatable bonds is 18. The van der Waals surface area contributed by atoms with Crippen LogP contribution in [0.15, 0.2) is 89.6 Å². The molecule has 1 N–H and O–H groups in total. The number of hydrogen-bond donors (Lipinski definition) is 1. The van der Waals surface area contributed by atoms with Gasteiger partial charge < -0.3 is 24.2 Å². The van der Waals surface area contributed by atoms with Crippen LogP contribution in [-0.4, -0.2) is 43.3 Å². The largest absolute Gasteiger partial charge is 0.508 e. The molecular formula is C32H36N2O7. The Hall–Kier alpha value is -4.63. The van der Waals surface area contributed by atoms with Crippen LogP contribution in [0.2, 0.25) is 0 Å².